The van der Waals surface area contributed by atoms with E-state index in [4.69, 9.17) is 5.11 Å². The predicted octanol–water partition coefficient (Wildman–Crippen LogP) is 1.20. The highest BCUT2D eigenvalue weighted by atomic mass is 16.4. The third-order valence-corrected chi connectivity index (χ3v) is 2.51. The molecule has 0 aliphatic rings. The Hall–Kier alpha value is -1.91. The molecule has 1 amide bonds. The smallest absolute Gasteiger partial charge is 0.307 e. The lowest BCUT2D eigenvalue weighted by molar-refractivity contribution is -0.144. The zero-order chi connectivity index (χ0) is 12.7. The first-order valence-corrected chi connectivity index (χ1v) is 5.52. The van der Waals surface area contributed by atoms with E-state index < -0.39 is 11.9 Å². The van der Waals surface area contributed by atoms with Crippen LogP contribution in [-0.4, -0.2) is 22.0 Å². The highest BCUT2D eigenvalue weighted by molar-refractivity contribution is 5.82. The molecular formula is C12H16N2O3. The van der Waals surface area contributed by atoms with E-state index in [2.05, 4.69) is 10.3 Å². The molecule has 0 saturated carbocycles. The summed E-state index contributed by atoms with van der Waals surface area (Å²) in [5, 5.41) is 11.5. The van der Waals surface area contributed by atoms with Crippen LogP contribution >= 0.6 is 0 Å². The lowest BCUT2D eigenvalue weighted by Crippen LogP contribution is -2.27. The number of pyridine rings is 1. The van der Waals surface area contributed by atoms with Crippen molar-refractivity contribution in [3.63, 3.8) is 0 Å². The molecule has 0 aliphatic carbocycles. The standard InChI is InChI=1S/C12H16N2O3/c1-2-10(12(16)17)7-11(15)14-8-9-3-5-13-6-4-9/h3-6,10H,2,7-8H2,1H3,(H,14,15)(H,16,17). The third-order valence-electron chi connectivity index (χ3n) is 2.51. The van der Waals surface area contributed by atoms with Crippen LogP contribution in [0.15, 0.2) is 24.5 Å². The SMILES string of the molecule is CCC(CC(=O)NCc1ccncc1)C(=O)O. The Labute approximate surface area is 99.9 Å². The summed E-state index contributed by atoms with van der Waals surface area (Å²) in [5.41, 5.74) is 0.941. The average molecular weight is 236 g/mol. The Morgan fingerprint density at radius 3 is 2.59 bits per heavy atom. The minimum absolute atomic E-state index is 0.0247. The summed E-state index contributed by atoms with van der Waals surface area (Å²) in [4.78, 5) is 26.1. The number of carboxylic acids is 1. The molecule has 0 fully saturated rings. The summed E-state index contributed by atoms with van der Waals surface area (Å²) < 4.78 is 0. The molecule has 0 radical (unpaired) electrons. The number of hydrogen-bond donors (Lipinski definition) is 2. The minimum Gasteiger partial charge on any atom is -0.481 e. The van der Waals surface area contributed by atoms with E-state index in [1.165, 1.54) is 0 Å². The fourth-order valence-electron chi connectivity index (χ4n) is 1.40. The first-order valence-electron chi connectivity index (χ1n) is 5.52. The van der Waals surface area contributed by atoms with Crippen molar-refractivity contribution in [2.24, 2.45) is 5.92 Å². The van der Waals surface area contributed by atoms with Gasteiger partial charge in [0.15, 0.2) is 0 Å². The number of carbonyl (C=O) groups excluding carboxylic acids is 1. The second-order valence-electron chi connectivity index (χ2n) is 3.78. The number of aromatic nitrogens is 1. The van der Waals surface area contributed by atoms with Crippen molar-refractivity contribution in [3.05, 3.63) is 30.1 Å². The third kappa shape index (κ3) is 4.63. The maximum absolute atomic E-state index is 11.5. The van der Waals surface area contributed by atoms with Crippen molar-refractivity contribution in [1.82, 2.24) is 10.3 Å². The van der Waals surface area contributed by atoms with Gasteiger partial charge in [-0.3, -0.25) is 14.6 Å². The molecule has 0 aliphatic heterocycles. The molecule has 1 aromatic rings. The largest absolute Gasteiger partial charge is 0.481 e. The molecule has 17 heavy (non-hydrogen) atoms. The van der Waals surface area contributed by atoms with Gasteiger partial charge >= 0.3 is 5.97 Å². The Morgan fingerprint density at radius 1 is 1.41 bits per heavy atom. The molecule has 0 saturated heterocycles. The van der Waals surface area contributed by atoms with Crippen LogP contribution in [0.4, 0.5) is 0 Å². The van der Waals surface area contributed by atoms with Gasteiger partial charge in [0, 0.05) is 25.4 Å². The first kappa shape index (κ1) is 13.2. The van der Waals surface area contributed by atoms with Gasteiger partial charge in [-0.2, -0.15) is 0 Å². The zero-order valence-corrected chi connectivity index (χ0v) is 9.72. The molecule has 1 atom stereocenters. The second kappa shape index (κ2) is 6.62. The molecule has 5 heteroatoms. The minimum atomic E-state index is -0.924. The highest BCUT2D eigenvalue weighted by Gasteiger charge is 2.18. The summed E-state index contributed by atoms with van der Waals surface area (Å²) in [6, 6.07) is 3.60. The van der Waals surface area contributed by atoms with Gasteiger partial charge in [-0.1, -0.05) is 6.92 Å². The van der Waals surface area contributed by atoms with Crippen LogP contribution in [0.2, 0.25) is 0 Å². The number of carboxylic acid groups (broad SMARTS) is 1. The maximum atomic E-state index is 11.5. The van der Waals surface area contributed by atoms with Gasteiger partial charge in [0.05, 0.1) is 5.92 Å². The summed E-state index contributed by atoms with van der Waals surface area (Å²) in [6.07, 6.45) is 3.77. The van der Waals surface area contributed by atoms with Gasteiger partial charge < -0.3 is 10.4 Å². The van der Waals surface area contributed by atoms with Gasteiger partial charge in [-0.25, -0.2) is 0 Å². The second-order valence-corrected chi connectivity index (χ2v) is 3.78. The molecule has 1 rings (SSSR count). The zero-order valence-electron chi connectivity index (χ0n) is 9.72. The molecule has 1 aromatic heterocycles. The number of hydrogen-bond acceptors (Lipinski definition) is 3. The van der Waals surface area contributed by atoms with Crippen molar-refractivity contribution >= 4 is 11.9 Å². The van der Waals surface area contributed by atoms with Crippen molar-refractivity contribution in [3.8, 4) is 0 Å². The number of nitrogens with zero attached hydrogens (tertiary/aromatic N) is 1. The molecule has 1 unspecified atom stereocenters. The lowest BCUT2D eigenvalue weighted by Gasteiger charge is -2.09. The first-order chi connectivity index (χ1) is 8.13. The summed E-state index contributed by atoms with van der Waals surface area (Å²) in [7, 11) is 0. The average Bonchev–Trinajstić information content (AvgIpc) is 2.34. The maximum Gasteiger partial charge on any atom is 0.307 e. The molecule has 0 aromatic carbocycles. The van der Waals surface area contributed by atoms with Crippen LogP contribution in [-0.2, 0) is 16.1 Å². The molecule has 0 spiro atoms. The van der Waals surface area contributed by atoms with Gasteiger partial charge in [0.25, 0.3) is 0 Å². The van der Waals surface area contributed by atoms with Crippen LogP contribution in [0.5, 0.6) is 0 Å². The van der Waals surface area contributed by atoms with Crippen LogP contribution in [0.3, 0.4) is 0 Å². The normalized spacial score (nSPS) is 11.8. The number of amides is 1. The van der Waals surface area contributed by atoms with E-state index in [1.54, 1.807) is 31.5 Å². The molecule has 5 nitrogen and oxygen atoms in total. The summed E-state index contributed by atoms with van der Waals surface area (Å²) >= 11 is 0. The van der Waals surface area contributed by atoms with Crippen molar-refractivity contribution < 1.29 is 14.7 Å². The van der Waals surface area contributed by atoms with Gasteiger partial charge in [-0.15, -0.1) is 0 Å². The van der Waals surface area contributed by atoms with Crippen molar-refractivity contribution in [1.29, 1.82) is 0 Å². The van der Waals surface area contributed by atoms with Crippen molar-refractivity contribution in [2.75, 3.05) is 0 Å². The van der Waals surface area contributed by atoms with E-state index >= 15 is 0 Å². The number of carbonyl (C=O) groups is 2. The van der Waals surface area contributed by atoms with Gasteiger partial charge in [0.1, 0.15) is 0 Å². The summed E-state index contributed by atoms with van der Waals surface area (Å²) in [6.45, 7) is 2.16. The fourth-order valence-corrected chi connectivity index (χ4v) is 1.40. The predicted molar refractivity (Wildman–Crippen MR) is 62.1 cm³/mol. The summed E-state index contributed by atoms with van der Waals surface area (Å²) in [5.74, 6) is -1.77. The monoisotopic (exact) mass is 236 g/mol. The molecule has 1 heterocycles. The van der Waals surface area contributed by atoms with E-state index in [1.807, 2.05) is 0 Å². The molecular weight excluding hydrogens is 220 g/mol. The topological polar surface area (TPSA) is 79.3 Å². The Kier molecular flexibility index (Phi) is 5.13. The number of rotatable bonds is 6. The number of nitrogens with one attached hydrogen (secondary N) is 1. The Morgan fingerprint density at radius 2 is 2.06 bits per heavy atom. The molecule has 2 N–H and O–H groups in total. The van der Waals surface area contributed by atoms with Crippen LogP contribution in [0, 0.1) is 5.92 Å². The van der Waals surface area contributed by atoms with Crippen LogP contribution < -0.4 is 5.32 Å². The van der Waals surface area contributed by atoms with Crippen molar-refractivity contribution in [2.45, 2.75) is 26.3 Å². The van der Waals surface area contributed by atoms with Gasteiger partial charge in [-0.05, 0) is 24.1 Å². The quantitative estimate of drug-likeness (QED) is 0.777. The fraction of sp³-hybridized carbons (Fsp3) is 0.417. The molecule has 92 valence electrons. The molecule has 0 bridgehead atoms. The lowest BCUT2D eigenvalue weighted by atomic mass is 10.0. The van der Waals surface area contributed by atoms with Gasteiger partial charge in [0.2, 0.25) is 5.91 Å². The Balaban J connectivity index is 2.37. The number of aliphatic carboxylic acids is 1. The van der Waals surface area contributed by atoms with E-state index in [0.29, 0.717) is 13.0 Å². The van der Waals surface area contributed by atoms with Crippen LogP contribution in [0.1, 0.15) is 25.3 Å². The Bertz CT molecular complexity index is 379. The van der Waals surface area contributed by atoms with Crippen LogP contribution in [0.25, 0.3) is 0 Å². The highest BCUT2D eigenvalue weighted by Crippen LogP contribution is 2.08. The van der Waals surface area contributed by atoms with E-state index in [-0.39, 0.29) is 12.3 Å². The van der Waals surface area contributed by atoms with E-state index in [0.717, 1.165) is 5.56 Å². The van der Waals surface area contributed by atoms with E-state index in [9.17, 15) is 9.59 Å².